The number of methoxy groups -OCH3 is 1. The van der Waals surface area contributed by atoms with Gasteiger partial charge in [-0.3, -0.25) is 9.52 Å². The van der Waals surface area contributed by atoms with Gasteiger partial charge >= 0.3 is 0 Å². The molecule has 2 N–H and O–H groups in total. The van der Waals surface area contributed by atoms with Crippen molar-refractivity contribution < 1.29 is 22.7 Å². The Balaban J connectivity index is 1.54. The van der Waals surface area contributed by atoms with Crippen molar-refractivity contribution in [3.05, 3.63) is 83.9 Å². The highest BCUT2D eigenvalue weighted by Crippen LogP contribution is 2.21. The number of sulfonamides is 1. The Morgan fingerprint density at radius 3 is 2.32 bits per heavy atom. The standard InChI is InChI=1S/C23H24N2O5S/c1-17-7-3-5-9-21(17)25-31(27,28)20-13-11-19(12-14-20)30-16-23(26)24-15-18-8-4-6-10-22(18)29-2/h3-14,25H,15-16H2,1-2H3,(H,24,26). The maximum absolute atomic E-state index is 12.6. The molecule has 0 aliphatic rings. The van der Waals surface area contributed by atoms with Crippen molar-refractivity contribution in [2.75, 3.05) is 18.4 Å². The average molecular weight is 441 g/mol. The van der Waals surface area contributed by atoms with Gasteiger partial charge in [-0.2, -0.15) is 0 Å². The second kappa shape index (κ2) is 9.99. The smallest absolute Gasteiger partial charge is 0.261 e. The Morgan fingerprint density at radius 1 is 0.935 bits per heavy atom. The quantitative estimate of drug-likeness (QED) is 0.531. The predicted octanol–water partition coefficient (Wildman–Crippen LogP) is 3.50. The molecule has 3 aromatic carbocycles. The fourth-order valence-electron chi connectivity index (χ4n) is 2.85. The van der Waals surface area contributed by atoms with Crippen LogP contribution in [0.25, 0.3) is 0 Å². The van der Waals surface area contributed by atoms with Crippen LogP contribution in [0, 0.1) is 6.92 Å². The highest BCUT2D eigenvalue weighted by molar-refractivity contribution is 7.92. The van der Waals surface area contributed by atoms with E-state index in [0.29, 0.717) is 23.7 Å². The Bertz CT molecular complexity index is 1140. The summed E-state index contributed by atoms with van der Waals surface area (Å²) in [6, 6.07) is 20.4. The van der Waals surface area contributed by atoms with Crippen LogP contribution in [0.15, 0.2) is 77.7 Å². The van der Waals surface area contributed by atoms with E-state index in [2.05, 4.69) is 10.0 Å². The molecule has 0 saturated carbocycles. The normalized spacial score (nSPS) is 10.9. The van der Waals surface area contributed by atoms with Crippen molar-refractivity contribution in [2.45, 2.75) is 18.4 Å². The molecule has 0 heterocycles. The summed E-state index contributed by atoms with van der Waals surface area (Å²) in [4.78, 5) is 12.2. The van der Waals surface area contributed by atoms with Gasteiger partial charge < -0.3 is 14.8 Å². The number of hydrogen-bond acceptors (Lipinski definition) is 5. The zero-order chi connectivity index (χ0) is 22.3. The minimum absolute atomic E-state index is 0.101. The monoisotopic (exact) mass is 440 g/mol. The van der Waals surface area contributed by atoms with Crippen molar-refractivity contribution in [1.29, 1.82) is 0 Å². The van der Waals surface area contributed by atoms with Gasteiger partial charge in [0.15, 0.2) is 6.61 Å². The second-order valence-electron chi connectivity index (χ2n) is 6.77. The minimum atomic E-state index is -3.73. The van der Waals surface area contributed by atoms with Gasteiger partial charge in [0, 0.05) is 12.1 Å². The van der Waals surface area contributed by atoms with E-state index in [0.717, 1.165) is 11.1 Å². The lowest BCUT2D eigenvalue weighted by Crippen LogP contribution is -2.28. The number of nitrogens with one attached hydrogen (secondary N) is 2. The summed E-state index contributed by atoms with van der Waals surface area (Å²) in [5.41, 5.74) is 2.20. The van der Waals surface area contributed by atoms with E-state index < -0.39 is 10.0 Å². The van der Waals surface area contributed by atoms with Crippen molar-refractivity contribution in [3.8, 4) is 11.5 Å². The number of aryl methyl sites for hydroxylation is 1. The first kappa shape index (κ1) is 22.2. The van der Waals surface area contributed by atoms with Crippen LogP contribution < -0.4 is 19.5 Å². The van der Waals surface area contributed by atoms with Gasteiger partial charge in [-0.15, -0.1) is 0 Å². The number of carbonyl (C=O) groups is 1. The van der Waals surface area contributed by atoms with Crippen LogP contribution in [0.2, 0.25) is 0 Å². The van der Waals surface area contributed by atoms with Crippen LogP contribution in [0.3, 0.4) is 0 Å². The van der Waals surface area contributed by atoms with E-state index in [1.165, 1.54) is 24.3 Å². The number of amides is 1. The SMILES string of the molecule is COc1ccccc1CNC(=O)COc1ccc(S(=O)(=O)Nc2ccccc2C)cc1. The summed E-state index contributed by atoms with van der Waals surface area (Å²) < 4.78 is 38.4. The zero-order valence-corrected chi connectivity index (χ0v) is 18.1. The van der Waals surface area contributed by atoms with Gasteiger partial charge in [0.1, 0.15) is 11.5 Å². The van der Waals surface area contributed by atoms with Crippen molar-refractivity contribution in [1.82, 2.24) is 5.32 Å². The Kier molecular flexibility index (Phi) is 7.15. The largest absolute Gasteiger partial charge is 0.496 e. The van der Waals surface area contributed by atoms with E-state index in [9.17, 15) is 13.2 Å². The summed E-state index contributed by atoms with van der Waals surface area (Å²) in [6.07, 6.45) is 0. The molecule has 0 spiro atoms. The average Bonchev–Trinajstić information content (AvgIpc) is 2.78. The molecule has 0 aliphatic heterocycles. The van der Waals surface area contributed by atoms with Crippen LogP contribution in [0.1, 0.15) is 11.1 Å². The van der Waals surface area contributed by atoms with Gasteiger partial charge in [0.2, 0.25) is 0 Å². The fraction of sp³-hybridized carbons (Fsp3) is 0.174. The molecule has 0 atom stereocenters. The number of carbonyl (C=O) groups excluding carboxylic acids is 1. The molecule has 0 unspecified atom stereocenters. The molecular formula is C23H24N2O5S. The minimum Gasteiger partial charge on any atom is -0.496 e. The van der Waals surface area contributed by atoms with Crippen molar-refractivity contribution >= 4 is 21.6 Å². The molecule has 162 valence electrons. The molecule has 0 fully saturated rings. The van der Waals surface area contributed by atoms with E-state index >= 15 is 0 Å². The van der Waals surface area contributed by atoms with Crippen LogP contribution in [0.4, 0.5) is 5.69 Å². The molecule has 3 rings (SSSR count). The lowest BCUT2D eigenvalue weighted by Gasteiger charge is -2.12. The number of benzene rings is 3. The maximum Gasteiger partial charge on any atom is 0.261 e. The van der Waals surface area contributed by atoms with Crippen LogP contribution in [0.5, 0.6) is 11.5 Å². The number of para-hydroxylation sites is 2. The summed E-state index contributed by atoms with van der Waals surface area (Å²) in [5.74, 6) is 0.783. The summed E-state index contributed by atoms with van der Waals surface area (Å²) >= 11 is 0. The number of rotatable bonds is 9. The van der Waals surface area contributed by atoms with Crippen molar-refractivity contribution in [2.24, 2.45) is 0 Å². The van der Waals surface area contributed by atoms with E-state index in [1.807, 2.05) is 43.3 Å². The first-order chi connectivity index (χ1) is 14.9. The summed E-state index contributed by atoms with van der Waals surface area (Å²) in [7, 11) is -2.15. The van der Waals surface area contributed by atoms with E-state index in [1.54, 1.807) is 19.2 Å². The maximum atomic E-state index is 12.6. The highest BCUT2D eigenvalue weighted by atomic mass is 32.2. The first-order valence-electron chi connectivity index (χ1n) is 9.59. The molecule has 8 heteroatoms. The Labute approximate surface area is 182 Å². The van der Waals surface area contributed by atoms with E-state index in [-0.39, 0.29) is 17.4 Å². The molecule has 3 aromatic rings. The molecular weight excluding hydrogens is 416 g/mol. The van der Waals surface area contributed by atoms with Gasteiger partial charge in [0.25, 0.3) is 15.9 Å². The van der Waals surface area contributed by atoms with Crippen LogP contribution in [-0.2, 0) is 21.4 Å². The highest BCUT2D eigenvalue weighted by Gasteiger charge is 2.15. The third-order valence-electron chi connectivity index (χ3n) is 4.56. The molecule has 0 aliphatic carbocycles. The second-order valence-corrected chi connectivity index (χ2v) is 8.45. The fourth-order valence-corrected chi connectivity index (χ4v) is 3.98. The molecule has 1 amide bonds. The molecule has 7 nitrogen and oxygen atoms in total. The number of ether oxygens (including phenoxy) is 2. The Morgan fingerprint density at radius 2 is 1.61 bits per heavy atom. The van der Waals surface area contributed by atoms with Gasteiger partial charge in [-0.1, -0.05) is 36.4 Å². The number of anilines is 1. The van der Waals surface area contributed by atoms with E-state index in [4.69, 9.17) is 9.47 Å². The molecule has 0 saturated heterocycles. The third kappa shape index (κ3) is 5.99. The first-order valence-corrected chi connectivity index (χ1v) is 11.1. The van der Waals surface area contributed by atoms with Crippen molar-refractivity contribution in [3.63, 3.8) is 0 Å². The van der Waals surface area contributed by atoms with Gasteiger partial charge in [-0.05, 0) is 48.9 Å². The topological polar surface area (TPSA) is 93.7 Å². The third-order valence-corrected chi connectivity index (χ3v) is 5.94. The van der Waals surface area contributed by atoms with Gasteiger partial charge in [0.05, 0.1) is 17.7 Å². The predicted molar refractivity (Wildman–Crippen MR) is 119 cm³/mol. The summed E-state index contributed by atoms with van der Waals surface area (Å²) in [5, 5.41) is 2.76. The number of hydrogen-bond donors (Lipinski definition) is 2. The summed E-state index contributed by atoms with van der Waals surface area (Å²) in [6.45, 7) is 1.95. The Hall–Kier alpha value is -3.52. The molecule has 0 aromatic heterocycles. The lowest BCUT2D eigenvalue weighted by molar-refractivity contribution is -0.123. The zero-order valence-electron chi connectivity index (χ0n) is 17.3. The van der Waals surface area contributed by atoms with Gasteiger partial charge in [-0.25, -0.2) is 8.42 Å². The molecule has 0 bridgehead atoms. The van der Waals surface area contributed by atoms with Crippen LogP contribution in [-0.4, -0.2) is 28.0 Å². The van der Waals surface area contributed by atoms with Crippen LogP contribution >= 0.6 is 0 Å². The molecule has 31 heavy (non-hydrogen) atoms. The lowest BCUT2D eigenvalue weighted by atomic mass is 10.2. The molecule has 0 radical (unpaired) electrons.